The molecule has 3 N–H and O–H groups in total. The lowest BCUT2D eigenvalue weighted by atomic mass is 10.2. The summed E-state index contributed by atoms with van der Waals surface area (Å²) in [6.07, 6.45) is 1.73. The number of hydrazine groups is 1. The van der Waals surface area contributed by atoms with Gasteiger partial charge in [0, 0.05) is 22.3 Å². The number of thioether (sulfide) groups is 1. The molecule has 0 bridgehead atoms. The number of rotatable bonds is 4. The van der Waals surface area contributed by atoms with Gasteiger partial charge in [-0.25, -0.2) is 10.8 Å². The van der Waals surface area contributed by atoms with Crippen molar-refractivity contribution in [1.82, 2.24) is 10.4 Å². The Morgan fingerprint density at radius 3 is 3.00 bits per heavy atom. The Morgan fingerprint density at radius 1 is 1.73 bits per heavy atom. The summed E-state index contributed by atoms with van der Waals surface area (Å²) in [4.78, 5) is 15.3. The highest BCUT2D eigenvalue weighted by Gasteiger charge is 2.11. The molecule has 0 saturated heterocycles. The number of pyridine rings is 1. The maximum absolute atomic E-state index is 11.1. The first-order valence-corrected chi connectivity index (χ1v) is 6.16. The van der Waals surface area contributed by atoms with Crippen LogP contribution in [0.1, 0.15) is 6.92 Å². The van der Waals surface area contributed by atoms with Crippen LogP contribution in [0.15, 0.2) is 27.8 Å². The standard InChI is InChI=1S/C9H12BrN3OS/c1-6(9(14)13-11)5-15-8-3-2-7(10)4-12-8/h2-4,6H,5,11H2,1H3,(H,13,14). The molecule has 0 aromatic carbocycles. The summed E-state index contributed by atoms with van der Waals surface area (Å²) in [6.45, 7) is 1.83. The number of nitrogens with one attached hydrogen (secondary N) is 1. The molecule has 1 aromatic heterocycles. The van der Waals surface area contributed by atoms with Gasteiger partial charge >= 0.3 is 0 Å². The van der Waals surface area contributed by atoms with Gasteiger partial charge < -0.3 is 0 Å². The molecule has 0 spiro atoms. The highest BCUT2D eigenvalue weighted by molar-refractivity contribution is 9.10. The van der Waals surface area contributed by atoms with Crippen molar-refractivity contribution < 1.29 is 4.79 Å². The average molecular weight is 290 g/mol. The molecule has 0 aliphatic rings. The summed E-state index contributed by atoms with van der Waals surface area (Å²) in [5.41, 5.74) is 2.13. The van der Waals surface area contributed by atoms with Crippen LogP contribution in [-0.4, -0.2) is 16.6 Å². The third-order valence-electron chi connectivity index (χ3n) is 1.77. The van der Waals surface area contributed by atoms with Crippen molar-refractivity contribution >= 4 is 33.6 Å². The van der Waals surface area contributed by atoms with Crippen LogP contribution in [0.2, 0.25) is 0 Å². The minimum absolute atomic E-state index is 0.120. The van der Waals surface area contributed by atoms with E-state index < -0.39 is 0 Å². The molecular weight excluding hydrogens is 278 g/mol. The first-order chi connectivity index (χ1) is 7.13. The number of aromatic nitrogens is 1. The van der Waals surface area contributed by atoms with Crippen molar-refractivity contribution in [2.45, 2.75) is 11.9 Å². The van der Waals surface area contributed by atoms with Gasteiger partial charge in [0.15, 0.2) is 0 Å². The van der Waals surface area contributed by atoms with E-state index in [0.29, 0.717) is 5.75 Å². The van der Waals surface area contributed by atoms with E-state index in [9.17, 15) is 4.79 Å². The lowest BCUT2D eigenvalue weighted by Crippen LogP contribution is -2.35. The van der Waals surface area contributed by atoms with Crippen LogP contribution in [0, 0.1) is 5.92 Å². The molecule has 1 unspecified atom stereocenters. The van der Waals surface area contributed by atoms with Crippen LogP contribution in [0.25, 0.3) is 0 Å². The number of hydrogen-bond donors (Lipinski definition) is 2. The van der Waals surface area contributed by atoms with Crippen molar-refractivity contribution in [3.8, 4) is 0 Å². The van der Waals surface area contributed by atoms with E-state index in [0.717, 1.165) is 9.50 Å². The van der Waals surface area contributed by atoms with Gasteiger partial charge in [-0.3, -0.25) is 10.2 Å². The molecule has 0 saturated carbocycles. The van der Waals surface area contributed by atoms with Gasteiger partial charge in [-0.2, -0.15) is 0 Å². The van der Waals surface area contributed by atoms with E-state index in [-0.39, 0.29) is 11.8 Å². The van der Waals surface area contributed by atoms with Crippen molar-refractivity contribution in [3.05, 3.63) is 22.8 Å². The lowest BCUT2D eigenvalue weighted by Gasteiger charge is -2.08. The zero-order chi connectivity index (χ0) is 11.3. The molecule has 1 aromatic rings. The Balaban J connectivity index is 2.43. The summed E-state index contributed by atoms with van der Waals surface area (Å²) in [6, 6.07) is 3.82. The molecule has 0 fully saturated rings. The smallest absolute Gasteiger partial charge is 0.237 e. The Morgan fingerprint density at radius 2 is 2.47 bits per heavy atom. The number of hydrogen-bond acceptors (Lipinski definition) is 4. The van der Waals surface area contributed by atoms with E-state index in [1.54, 1.807) is 6.20 Å². The van der Waals surface area contributed by atoms with Crippen LogP contribution in [0.4, 0.5) is 0 Å². The predicted octanol–water partition coefficient (Wildman–Crippen LogP) is 1.56. The van der Waals surface area contributed by atoms with Gasteiger partial charge in [-0.1, -0.05) is 6.92 Å². The van der Waals surface area contributed by atoms with Crippen LogP contribution in [0.3, 0.4) is 0 Å². The quantitative estimate of drug-likeness (QED) is 0.382. The summed E-state index contributed by atoms with van der Waals surface area (Å²) in [7, 11) is 0. The molecule has 6 heteroatoms. The van der Waals surface area contributed by atoms with E-state index in [2.05, 4.69) is 26.3 Å². The molecule has 1 heterocycles. The Hall–Kier alpha value is -0.590. The van der Waals surface area contributed by atoms with Crippen molar-refractivity contribution in [2.24, 2.45) is 11.8 Å². The number of carbonyl (C=O) groups is 1. The minimum Gasteiger partial charge on any atom is -0.294 e. The summed E-state index contributed by atoms with van der Waals surface area (Å²) >= 11 is 4.84. The van der Waals surface area contributed by atoms with Gasteiger partial charge in [0.05, 0.1) is 5.03 Å². The second-order valence-corrected chi connectivity index (χ2v) is 4.99. The molecule has 15 heavy (non-hydrogen) atoms. The maximum Gasteiger partial charge on any atom is 0.237 e. The largest absolute Gasteiger partial charge is 0.294 e. The van der Waals surface area contributed by atoms with Crippen molar-refractivity contribution in [3.63, 3.8) is 0 Å². The molecular formula is C9H12BrN3OS. The maximum atomic E-state index is 11.1. The number of nitrogens with two attached hydrogens (primary N) is 1. The van der Waals surface area contributed by atoms with E-state index >= 15 is 0 Å². The third-order valence-corrected chi connectivity index (χ3v) is 3.44. The van der Waals surface area contributed by atoms with Crippen LogP contribution < -0.4 is 11.3 Å². The molecule has 0 radical (unpaired) electrons. The highest BCUT2D eigenvalue weighted by atomic mass is 79.9. The summed E-state index contributed by atoms with van der Waals surface area (Å²) < 4.78 is 0.944. The zero-order valence-electron chi connectivity index (χ0n) is 8.24. The van der Waals surface area contributed by atoms with Gasteiger partial charge in [0.25, 0.3) is 0 Å². The highest BCUT2D eigenvalue weighted by Crippen LogP contribution is 2.19. The monoisotopic (exact) mass is 289 g/mol. The fourth-order valence-corrected chi connectivity index (χ4v) is 1.97. The Labute approximate surface area is 101 Å². The van der Waals surface area contributed by atoms with Gasteiger partial charge in [-0.05, 0) is 28.1 Å². The van der Waals surface area contributed by atoms with Crippen LogP contribution in [0.5, 0.6) is 0 Å². The topological polar surface area (TPSA) is 68.0 Å². The van der Waals surface area contributed by atoms with Gasteiger partial charge in [0.2, 0.25) is 5.91 Å². The number of carbonyl (C=O) groups excluding carboxylic acids is 1. The van der Waals surface area contributed by atoms with Crippen molar-refractivity contribution in [2.75, 3.05) is 5.75 Å². The normalized spacial score (nSPS) is 12.2. The number of amides is 1. The van der Waals surface area contributed by atoms with E-state index in [1.165, 1.54) is 11.8 Å². The van der Waals surface area contributed by atoms with E-state index in [1.807, 2.05) is 19.1 Å². The lowest BCUT2D eigenvalue weighted by molar-refractivity contribution is -0.123. The van der Waals surface area contributed by atoms with Crippen molar-refractivity contribution in [1.29, 1.82) is 0 Å². The van der Waals surface area contributed by atoms with Crippen LogP contribution in [-0.2, 0) is 4.79 Å². The predicted molar refractivity (Wildman–Crippen MR) is 64.2 cm³/mol. The molecule has 0 aliphatic heterocycles. The Kier molecular flexibility index (Phi) is 5.07. The first-order valence-electron chi connectivity index (χ1n) is 4.38. The second-order valence-electron chi connectivity index (χ2n) is 3.04. The Bertz CT molecular complexity index is 331. The molecule has 1 atom stereocenters. The van der Waals surface area contributed by atoms with Crippen LogP contribution >= 0.6 is 27.7 Å². The molecule has 4 nitrogen and oxygen atoms in total. The SMILES string of the molecule is CC(CSc1ccc(Br)cn1)C(=O)NN. The molecule has 82 valence electrons. The van der Waals surface area contributed by atoms with E-state index in [4.69, 9.17) is 5.84 Å². The fourth-order valence-electron chi connectivity index (χ4n) is 0.876. The minimum atomic E-state index is -0.153. The third kappa shape index (κ3) is 4.19. The molecule has 0 aliphatic carbocycles. The van der Waals surface area contributed by atoms with Gasteiger partial charge in [0.1, 0.15) is 0 Å². The fraction of sp³-hybridized carbons (Fsp3) is 0.333. The second kappa shape index (κ2) is 6.09. The summed E-state index contributed by atoms with van der Waals surface area (Å²) in [5.74, 6) is 5.42. The number of nitrogens with zero attached hydrogens (tertiary/aromatic N) is 1. The first kappa shape index (κ1) is 12.5. The molecule has 1 rings (SSSR count). The molecule has 1 amide bonds. The number of halogens is 1. The average Bonchev–Trinajstić information content (AvgIpc) is 2.26. The summed E-state index contributed by atoms with van der Waals surface area (Å²) in [5, 5.41) is 0.898. The zero-order valence-corrected chi connectivity index (χ0v) is 10.6. The van der Waals surface area contributed by atoms with Gasteiger partial charge in [-0.15, -0.1) is 11.8 Å².